The Hall–Kier alpha value is -2.57. The normalized spacial score (nSPS) is 17.5. The number of amides is 2. The Morgan fingerprint density at radius 1 is 1.45 bits per heavy atom. The molecule has 1 heterocycles. The zero-order chi connectivity index (χ0) is 16.3. The van der Waals surface area contributed by atoms with Crippen molar-refractivity contribution in [1.82, 2.24) is 4.90 Å². The van der Waals surface area contributed by atoms with Crippen molar-refractivity contribution in [2.24, 2.45) is 5.92 Å². The topological polar surface area (TPSA) is 95.9 Å². The molecule has 2 amide bonds. The van der Waals surface area contributed by atoms with E-state index in [1.807, 2.05) is 13.0 Å². The first-order chi connectivity index (χ1) is 10.4. The van der Waals surface area contributed by atoms with Crippen LogP contribution >= 0.6 is 0 Å². The number of aryl methyl sites for hydroxylation is 1. The molecule has 0 saturated carbocycles. The van der Waals surface area contributed by atoms with Crippen molar-refractivity contribution in [2.75, 3.05) is 25.5 Å². The van der Waals surface area contributed by atoms with Gasteiger partial charge in [0.1, 0.15) is 5.75 Å². The average molecular weight is 306 g/mol. The number of benzene rings is 1. The van der Waals surface area contributed by atoms with E-state index in [4.69, 9.17) is 9.84 Å². The zero-order valence-corrected chi connectivity index (χ0v) is 12.5. The van der Waals surface area contributed by atoms with Crippen molar-refractivity contribution in [3.8, 4) is 5.75 Å². The van der Waals surface area contributed by atoms with Gasteiger partial charge in [-0.25, -0.2) is 0 Å². The van der Waals surface area contributed by atoms with Gasteiger partial charge in [0.2, 0.25) is 11.8 Å². The molecule has 1 aromatic carbocycles. The monoisotopic (exact) mass is 306 g/mol. The Bertz CT molecular complexity index is 614. The van der Waals surface area contributed by atoms with Crippen LogP contribution in [0.15, 0.2) is 18.2 Å². The number of hydrogen-bond donors (Lipinski definition) is 2. The van der Waals surface area contributed by atoms with Crippen LogP contribution in [0, 0.1) is 12.8 Å². The molecule has 2 rings (SSSR count). The number of likely N-dealkylation sites (tertiary alicyclic amines) is 1. The van der Waals surface area contributed by atoms with Gasteiger partial charge in [-0.3, -0.25) is 14.4 Å². The molecule has 0 unspecified atom stereocenters. The smallest absolute Gasteiger partial charge is 0.308 e. The summed E-state index contributed by atoms with van der Waals surface area (Å²) in [5, 5.41) is 11.6. The van der Waals surface area contributed by atoms with E-state index in [2.05, 4.69) is 5.32 Å². The Kier molecular flexibility index (Phi) is 4.65. The summed E-state index contributed by atoms with van der Waals surface area (Å²) in [5.41, 5.74) is 1.48. The summed E-state index contributed by atoms with van der Waals surface area (Å²) in [4.78, 5) is 35.9. The molecule has 22 heavy (non-hydrogen) atoms. The number of methoxy groups -OCH3 is 1. The van der Waals surface area contributed by atoms with Crippen molar-refractivity contribution in [2.45, 2.75) is 13.3 Å². The highest BCUT2D eigenvalue weighted by molar-refractivity contribution is 5.97. The Morgan fingerprint density at radius 3 is 2.77 bits per heavy atom. The van der Waals surface area contributed by atoms with Gasteiger partial charge in [0.25, 0.3) is 0 Å². The molecule has 0 radical (unpaired) electrons. The average Bonchev–Trinajstić information content (AvgIpc) is 2.80. The van der Waals surface area contributed by atoms with Crippen LogP contribution in [-0.2, 0) is 14.4 Å². The van der Waals surface area contributed by atoms with E-state index in [0.717, 1.165) is 5.56 Å². The van der Waals surface area contributed by atoms with Gasteiger partial charge in [-0.05, 0) is 24.6 Å². The molecule has 1 aliphatic rings. The van der Waals surface area contributed by atoms with Gasteiger partial charge in [-0.2, -0.15) is 0 Å². The molecular weight excluding hydrogens is 288 g/mol. The molecule has 1 atom stereocenters. The van der Waals surface area contributed by atoms with Crippen LogP contribution < -0.4 is 10.1 Å². The minimum atomic E-state index is -1.02. The molecule has 7 nitrogen and oxygen atoms in total. The Labute approximate surface area is 127 Å². The van der Waals surface area contributed by atoms with Crippen LogP contribution in [0.2, 0.25) is 0 Å². The first-order valence-electron chi connectivity index (χ1n) is 6.85. The minimum absolute atomic E-state index is 0.0591. The summed E-state index contributed by atoms with van der Waals surface area (Å²) in [7, 11) is 1.50. The van der Waals surface area contributed by atoms with E-state index >= 15 is 0 Å². The standard InChI is InChI=1S/C15H18N2O5/c1-9-3-4-12(22-2)11(5-9)16-13(18)8-17-7-10(15(20)21)6-14(17)19/h3-5,10H,6-8H2,1-2H3,(H,16,18)(H,20,21)/t10-/m1/s1. The lowest BCUT2D eigenvalue weighted by Crippen LogP contribution is -2.34. The summed E-state index contributed by atoms with van der Waals surface area (Å²) < 4.78 is 5.17. The first kappa shape index (κ1) is 15.8. The van der Waals surface area contributed by atoms with Crippen molar-refractivity contribution >= 4 is 23.5 Å². The molecule has 0 spiro atoms. The maximum Gasteiger partial charge on any atom is 0.308 e. The lowest BCUT2D eigenvalue weighted by atomic mass is 10.1. The molecule has 0 aliphatic carbocycles. The number of hydrogen-bond acceptors (Lipinski definition) is 4. The van der Waals surface area contributed by atoms with E-state index in [1.54, 1.807) is 12.1 Å². The third-order valence-corrected chi connectivity index (χ3v) is 3.53. The number of nitrogens with zero attached hydrogens (tertiary/aromatic N) is 1. The van der Waals surface area contributed by atoms with Gasteiger partial charge in [0.05, 0.1) is 25.3 Å². The molecule has 1 saturated heterocycles. The second kappa shape index (κ2) is 6.46. The Morgan fingerprint density at radius 2 is 2.18 bits per heavy atom. The molecule has 1 aromatic rings. The number of carbonyl (C=O) groups excluding carboxylic acids is 2. The summed E-state index contributed by atoms with van der Waals surface area (Å²) in [6, 6.07) is 5.37. The largest absolute Gasteiger partial charge is 0.495 e. The highest BCUT2D eigenvalue weighted by Gasteiger charge is 2.35. The fraction of sp³-hybridized carbons (Fsp3) is 0.400. The van der Waals surface area contributed by atoms with Gasteiger partial charge >= 0.3 is 5.97 Å². The summed E-state index contributed by atoms with van der Waals surface area (Å²) >= 11 is 0. The minimum Gasteiger partial charge on any atom is -0.495 e. The summed E-state index contributed by atoms with van der Waals surface area (Å²) in [6.45, 7) is 1.78. The van der Waals surface area contributed by atoms with Crippen LogP contribution in [0.1, 0.15) is 12.0 Å². The van der Waals surface area contributed by atoms with Gasteiger partial charge < -0.3 is 20.1 Å². The predicted molar refractivity (Wildman–Crippen MR) is 78.7 cm³/mol. The lowest BCUT2D eigenvalue weighted by Gasteiger charge is -2.16. The highest BCUT2D eigenvalue weighted by Crippen LogP contribution is 2.25. The number of carboxylic acid groups (broad SMARTS) is 1. The highest BCUT2D eigenvalue weighted by atomic mass is 16.5. The molecule has 0 aromatic heterocycles. The predicted octanol–water partition coefficient (Wildman–Crippen LogP) is 0.875. The number of rotatable bonds is 5. The first-order valence-corrected chi connectivity index (χ1v) is 6.85. The van der Waals surface area contributed by atoms with Crippen molar-refractivity contribution in [3.05, 3.63) is 23.8 Å². The number of ether oxygens (including phenoxy) is 1. The molecule has 1 aliphatic heterocycles. The van der Waals surface area contributed by atoms with E-state index in [9.17, 15) is 14.4 Å². The molecule has 7 heteroatoms. The van der Waals surface area contributed by atoms with Crippen molar-refractivity contribution in [3.63, 3.8) is 0 Å². The molecule has 118 valence electrons. The Balaban J connectivity index is 2.00. The fourth-order valence-electron chi connectivity index (χ4n) is 2.37. The fourth-order valence-corrected chi connectivity index (χ4v) is 2.37. The van der Waals surface area contributed by atoms with Crippen molar-refractivity contribution < 1.29 is 24.2 Å². The molecule has 0 bridgehead atoms. The third kappa shape index (κ3) is 3.55. The SMILES string of the molecule is COc1ccc(C)cc1NC(=O)CN1C[C@H](C(=O)O)CC1=O. The maximum atomic E-state index is 12.1. The van der Waals surface area contributed by atoms with Gasteiger partial charge in [-0.1, -0.05) is 6.07 Å². The van der Waals surface area contributed by atoms with Gasteiger partial charge in [-0.15, -0.1) is 0 Å². The van der Waals surface area contributed by atoms with Crippen LogP contribution in [-0.4, -0.2) is 48.0 Å². The quantitative estimate of drug-likeness (QED) is 0.841. The number of carbonyl (C=O) groups is 3. The van der Waals surface area contributed by atoms with E-state index in [-0.39, 0.29) is 31.3 Å². The van der Waals surface area contributed by atoms with Gasteiger partial charge in [0, 0.05) is 13.0 Å². The number of nitrogens with one attached hydrogen (secondary N) is 1. The molecule has 1 fully saturated rings. The van der Waals surface area contributed by atoms with Crippen molar-refractivity contribution in [1.29, 1.82) is 0 Å². The van der Waals surface area contributed by atoms with Gasteiger partial charge in [0.15, 0.2) is 0 Å². The van der Waals surface area contributed by atoms with Crippen LogP contribution in [0.25, 0.3) is 0 Å². The molecule has 2 N–H and O–H groups in total. The zero-order valence-electron chi connectivity index (χ0n) is 12.5. The van der Waals surface area contributed by atoms with E-state index < -0.39 is 11.9 Å². The van der Waals surface area contributed by atoms with Crippen LogP contribution in [0.4, 0.5) is 5.69 Å². The lowest BCUT2D eigenvalue weighted by molar-refractivity contribution is -0.141. The third-order valence-electron chi connectivity index (χ3n) is 3.53. The maximum absolute atomic E-state index is 12.1. The second-order valence-corrected chi connectivity index (χ2v) is 5.27. The molecular formula is C15H18N2O5. The van der Waals surface area contributed by atoms with Crippen LogP contribution in [0.5, 0.6) is 5.75 Å². The van der Waals surface area contributed by atoms with E-state index in [1.165, 1.54) is 12.0 Å². The summed E-state index contributed by atoms with van der Waals surface area (Å²) in [6.07, 6.45) is -0.0591. The number of aliphatic carboxylic acids is 1. The van der Waals surface area contributed by atoms with E-state index in [0.29, 0.717) is 11.4 Å². The summed E-state index contributed by atoms with van der Waals surface area (Å²) in [5.74, 6) is -1.94. The van der Waals surface area contributed by atoms with Crippen LogP contribution in [0.3, 0.4) is 0 Å². The second-order valence-electron chi connectivity index (χ2n) is 5.27. The number of carboxylic acids is 1. The number of anilines is 1.